The maximum Gasteiger partial charge on any atom is 0.115 e. The van der Waals surface area contributed by atoms with E-state index in [4.69, 9.17) is 0 Å². The highest BCUT2D eigenvalue weighted by Gasteiger charge is 2.38. The van der Waals surface area contributed by atoms with Gasteiger partial charge in [-0.05, 0) is 77.6 Å². The van der Waals surface area contributed by atoms with E-state index >= 15 is 0 Å². The van der Waals surface area contributed by atoms with E-state index in [2.05, 4.69) is 102 Å². The first kappa shape index (κ1) is 17.6. The van der Waals surface area contributed by atoms with Crippen molar-refractivity contribution in [2.45, 2.75) is 61.1 Å². The van der Waals surface area contributed by atoms with Crippen molar-refractivity contribution < 1.29 is 0 Å². The highest BCUT2D eigenvalue weighted by Crippen LogP contribution is 2.41. The highest BCUT2D eigenvalue weighted by atomic mass is 15.4. The summed E-state index contributed by atoms with van der Waals surface area (Å²) in [4.78, 5) is 4.83. The van der Waals surface area contributed by atoms with Crippen LogP contribution in [0.5, 0.6) is 0 Å². The van der Waals surface area contributed by atoms with Crippen LogP contribution in [0.3, 0.4) is 0 Å². The first-order valence-electron chi connectivity index (χ1n) is 9.05. The Kier molecular flexibility index (Phi) is 4.18. The van der Waals surface area contributed by atoms with Crippen LogP contribution in [0.1, 0.15) is 47.2 Å². The van der Waals surface area contributed by atoms with Crippen molar-refractivity contribution in [3.05, 3.63) is 70.0 Å². The number of nitrogens with zero attached hydrogens (tertiary/aromatic N) is 2. The summed E-state index contributed by atoms with van der Waals surface area (Å²) in [5, 5.41) is 0. The van der Waals surface area contributed by atoms with E-state index in [0.717, 1.165) is 0 Å². The minimum absolute atomic E-state index is 0.157. The quantitative estimate of drug-likeness (QED) is 0.657. The van der Waals surface area contributed by atoms with E-state index in [-0.39, 0.29) is 5.66 Å². The lowest BCUT2D eigenvalue weighted by atomic mass is 10.00. The van der Waals surface area contributed by atoms with E-state index in [9.17, 15) is 0 Å². The molecule has 2 aromatic carbocycles. The molecule has 0 spiro atoms. The fraction of sp³-hybridized carbons (Fsp3) is 0.391. The average Bonchev–Trinajstić information content (AvgIpc) is 2.73. The number of benzene rings is 2. The molecule has 2 heteroatoms. The van der Waals surface area contributed by atoms with Gasteiger partial charge in [0, 0.05) is 23.8 Å². The topological polar surface area (TPSA) is 6.48 Å². The Morgan fingerprint density at radius 3 is 1.12 bits per heavy atom. The molecule has 2 aromatic rings. The van der Waals surface area contributed by atoms with Gasteiger partial charge in [-0.1, -0.05) is 35.4 Å². The zero-order chi connectivity index (χ0) is 18.5. The van der Waals surface area contributed by atoms with E-state index in [1.165, 1.54) is 44.8 Å². The van der Waals surface area contributed by atoms with Crippen LogP contribution in [-0.2, 0) is 0 Å². The molecule has 1 aliphatic rings. The molecule has 132 valence electrons. The smallest absolute Gasteiger partial charge is 0.115 e. The fourth-order valence-corrected chi connectivity index (χ4v) is 4.42. The van der Waals surface area contributed by atoms with Crippen LogP contribution in [-0.4, -0.2) is 5.66 Å². The molecule has 0 aromatic heterocycles. The monoisotopic (exact) mass is 334 g/mol. The van der Waals surface area contributed by atoms with Crippen molar-refractivity contribution in [2.75, 3.05) is 9.80 Å². The second-order valence-electron chi connectivity index (χ2n) is 8.03. The molecule has 0 fully saturated rings. The van der Waals surface area contributed by atoms with Crippen molar-refractivity contribution in [1.29, 1.82) is 0 Å². The van der Waals surface area contributed by atoms with Crippen LogP contribution in [0.4, 0.5) is 11.4 Å². The molecule has 0 saturated carbocycles. The molecule has 0 atom stereocenters. The number of rotatable bonds is 2. The third-order valence-electron chi connectivity index (χ3n) is 5.30. The summed E-state index contributed by atoms with van der Waals surface area (Å²) < 4.78 is 0. The maximum atomic E-state index is 2.41. The lowest BCUT2D eigenvalue weighted by molar-refractivity contribution is 0.529. The van der Waals surface area contributed by atoms with Crippen LogP contribution in [0.15, 0.2) is 36.7 Å². The molecule has 0 saturated heterocycles. The minimum atomic E-state index is -0.157. The van der Waals surface area contributed by atoms with Gasteiger partial charge in [0.15, 0.2) is 0 Å². The Bertz CT molecular complexity index is 743. The zero-order valence-electron chi connectivity index (χ0n) is 16.9. The zero-order valence-corrected chi connectivity index (χ0v) is 16.9. The number of hydrogen-bond donors (Lipinski definition) is 0. The van der Waals surface area contributed by atoms with Crippen LogP contribution in [0.2, 0.25) is 0 Å². The summed E-state index contributed by atoms with van der Waals surface area (Å²) in [6.45, 7) is 17.8. The van der Waals surface area contributed by atoms with E-state index in [0.29, 0.717) is 0 Å². The largest absolute Gasteiger partial charge is 0.323 e. The standard InChI is InChI=1S/C23H30N2/c1-15-11-17(3)21(18(4)12-15)24-9-10-25(23(24,7)8)22-19(5)13-16(2)14-20(22)6/h9-14H,1-8H3. The lowest BCUT2D eigenvalue weighted by Crippen LogP contribution is -2.49. The molecule has 0 aliphatic carbocycles. The molecule has 0 amide bonds. The van der Waals surface area contributed by atoms with Gasteiger partial charge in [-0.2, -0.15) is 0 Å². The SMILES string of the molecule is Cc1cc(C)c(N2C=CN(c3c(C)cc(C)cc3C)C2(C)C)c(C)c1. The molecule has 0 bridgehead atoms. The molecular weight excluding hydrogens is 304 g/mol. The molecular formula is C23H30N2. The van der Waals surface area contributed by atoms with Gasteiger partial charge in [0.2, 0.25) is 0 Å². The van der Waals surface area contributed by atoms with Gasteiger partial charge in [0.05, 0.1) is 0 Å². The maximum absolute atomic E-state index is 2.41. The van der Waals surface area contributed by atoms with Gasteiger partial charge in [0.1, 0.15) is 5.66 Å². The van der Waals surface area contributed by atoms with Gasteiger partial charge < -0.3 is 9.80 Å². The predicted octanol–water partition coefficient (Wildman–Crippen LogP) is 6.07. The summed E-state index contributed by atoms with van der Waals surface area (Å²) in [5.74, 6) is 0. The molecule has 1 heterocycles. The van der Waals surface area contributed by atoms with Gasteiger partial charge in [-0.25, -0.2) is 0 Å². The third-order valence-corrected chi connectivity index (χ3v) is 5.30. The lowest BCUT2D eigenvalue weighted by Gasteiger charge is -2.42. The number of anilines is 2. The Morgan fingerprint density at radius 1 is 0.560 bits per heavy atom. The van der Waals surface area contributed by atoms with Crippen molar-refractivity contribution in [1.82, 2.24) is 0 Å². The molecule has 1 aliphatic heterocycles. The number of aryl methyl sites for hydroxylation is 6. The van der Waals surface area contributed by atoms with Crippen molar-refractivity contribution in [3.8, 4) is 0 Å². The summed E-state index contributed by atoms with van der Waals surface area (Å²) >= 11 is 0. The Morgan fingerprint density at radius 2 is 0.840 bits per heavy atom. The molecule has 0 radical (unpaired) electrons. The van der Waals surface area contributed by atoms with Crippen LogP contribution >= 0.6 is 0 Å². The first-order chi connectivity index (χ1) is 11.6. The van der Waals surface area contributed by atoms with Crippen molar-refractivity contribution >= 4 is 11.4 Å². The average molecular weight is 335 g/mol. The van der Waals surface area contributed by atoms with E-state index in [1.807, 2.05) is 0 Å². The van der Waals surface area contributed by atoms with Crippen LogP contribution < -0.4 is 9.80 Å². The highest BCUT2D eigenvalue weighted by molar-refractivity contribution is 5.72. The first-order valence-corrected chi connectivity index (χ1v) is 9.05. The summed E-state index contributed by atoms with van der Waals surface area (Å²) in [5.41, 5.74) is 10.4. The summed E-state index contributed by atoms with van der Waals surface area (Å²) in [6, 6.07) is 9.10. The Labute approximate surface area is 152 Å². The van der Waals surface area contributed by atoms with Gasteiger partial charge in [0.25, 0.3) is 0 Å². The van der Waals surface area contributed by atoms with Gasteiger partial charge >= 0.3 is 0 Å². The van der Waals surface area contributed by atoms with Gasteiger partial charge in [-0.15, -0.1) is 0 Å². The fourth-order valence-electron chi connectivity index (χ4n) is 4.42. The third kappa shape index (κ3) is 2.84. The molecule has 2 nitrogen and oxygen atoms in total. The second-order valence-corrected chi connectivity index (χ2v) is 8.03. The minimum Gasteiger partial charge on any atom is -0.323 e. The molecule has 3 rings (SSSR count). The Balaban J connectivity index is 2.09. The predicted molar refractivity (Wildman–Crippen MR) is 109 cm³/mol. The van der Waals surface area contributed by atoms with Crippen molar-refractivity contribution in [3.63, 3.8) is 0 Å². The summed E-state index contributed by atoms with van der Waals surface area (Å²) in [6.07, 6.45) is 4.45. The number of hydrogen-bond acceptors (Lipinski definition) is 2. The van der Waals surface area contributed by atoms with E-state index in [1.54, 1.807) is 0 Å². The van der Waals surface area contributed by atoms with Crippen molar-refractivity contribution in [2.24, 2.45) is 0 Å². The van der Waals surface area contributed by atoms with E-state index < -0.39 is 0 Å². The Hall–Kier alpha value is -2.22. The second kappa shape index (κ2) is 5.94. The normalized spacial score (nSPS) is 16.0. The molecule has 0 N–H and O–H groups in total. The molecule has 0 unspecified atom stereocenters. The van der Waals surface area contributed by atoms with Crippen LogP contribution in [0, 0.1) is 41.5 Å². The molecule has 25 heavy (non-hydrogen) atoms. The van der Waals surface area contributed by atoms with Gasteiger partial charge in [-0.3, -0.25) is 0 Å². The summed E-state index contributed by atoms with van der Waals surface area (Å²) in [7, 11) is 0. The van der Waals surface area contributed by atoms with Crippen LogP contribution in [0.25, 0.3) is 0 Å².